The first kappa shape index (κ1) is 21.2. The summed E-state index contributed by atoms with van der Waals surface area (Å²) in [5, 5.41) is 6.79. The Hall–Kier alpha value is -0.860. The molecule has 2 rings (SSSR count). The van der Waals surface area contributed by atoms with Crippen LogP contribution in [0.25, 0.3) is 0 Å². The number of aliphatic imine (C=N–C) groups is 1. The number of hydrogen-bond donors (Lipinski definition) is 2. The van der Waals surface area contributed by atoms with Gasteiger partial charge in [-0.15, -0.1) is 24.0 Å². The van der Waals surface area contributed by atoms with Gasteiger partial charge in [0.2, 0.25) is 0 Å². The summed E-state index contributed by atoms with van der Waals surface area (Å²) in [6.07, 6.45) is 3.51. The van der Waals surface area contributed by atoms with Gasteiger partial charge in [0.25, 0.3) is 0 Å². The molecule has 6 heteroatoms. The summed E-state index contributed by atoms with van der Waals surface area (Å²) in [4.78, 5) is 6.86. The van der Waals surface area contributed by atoms with Crippen LogP contribution in [0.2, 0.25) is 0 Å². The lowest BCUT2D eigenvalue weighted by Gasteiger charge is -2.25. The smallest absolute Gasteiger partial charge is 0.191 e. The van der Waals surface area contributed by atoms with E-state index >= 15 is 0 Å². The minimum atomic E-state index is 0. The zero-order valence-electron chi connectivity index (χ0n) is 14.8. The van der Waals surface area contributed by atoms with E-state index in [1.165, 1.54) is 24.9 Å². The predicted octanol–water partition coefficient (Wildman–Crippen LogP) is 2.47. The zero-order chi connectivity index (χ0) is 16.3. The van der Waals surface area contributed by atoms with E-state index in [2.05, 4.69) is 50.9 Å². The highest BCUT2D eigenvalue weighted by Crippen LogP contribution is 2.19. The number of likely N-dealkylation sites (tertiary alicyclic amines) is 1. The average Bonchev–Trinajstić information content (AvgIpc) is 3.02. The van der Waals surface area contributed by atoms with E-state index in [9.17, 15) is 0 Å². The third-order valence-electron chi connectivity index (χ3n) is 4.27. The van der Waals surface area contributed by atoms with Crippen LogP contribution < -0.4 is 10.6 Å². The molecule has 1 heterocycles. The van der Waals surface area contributed by atoms with E-state index in [0.29, 0.717) is 6.04 Å². The maximum absolute atomic E-state index is 5.06. The number of ether oxygens (including phenoxy) is 1. The second kappa shape index (κ2) is 12.5. The van der Waals surface area contributed by atoms with E-state index in [1.807, 2.05) is 7.05 Å². The van der Waals surface area contributed by atoms with E-state index in [4.69, 9.17) is 4.74 Å². The normalized spacial score (nSPS) is 18.2. The van der Waals surface area contributed by atoms with Crippen molar-refractivity contribution >= 4 is 29.9 Å². The maximum atomic E-state index is 5.06. The van der Waals surface area contributed by atoms with Crippen molar-refractivity contribution in [3.05, 3.63) is 35.9 Å². The van der Waals surface area contributed by atoms with Gasteiger partial charge in [0.15, 0.2) is 5.96 Å². The van der Waals surface area contributed by atoms with Crippen LogP contribution >= 0.6 is 24.0 Å². The molecule has 0 amide bonds. The Morgan fingerprint density at radius 2 is 2.08 bits per heavy atom. The Kier molecular flexibility index (Phi) is 11.0. The summed E-state index contributed by atoms with van der Waals surface area (Å²) in [7, 11) is 3.55. The van der Waals surface area contributed by atoms with Crippen LogP contribution in [-0.4, -0.2) is 57.3 Å². The SMILES string of the molecule is CN=C(NCCCOC)NCC1CCCN1Cc1ccccc1.I. The molecule has 2 N–H and O–H groups in total. The topological polar surface area (TPSA) is 48.9 Å². The van der Waals surface area contributed by atoms with Crippen molar-refractivity contribution in [3.63, 3.8) is 0 Å². The fourth-order valence-electron chi connectivity index (χ4n) is 3.01. The monoisotopic (exact) mass is 446 g/mol. The van der Waals surface area contributed by atoms with Crippen molar-refractivity contribution in [2.45, 2.75) is 31.8 Å². The Labute approximate surface area is 163 Å². The highest BCUT2D eigenvalue weighted by molar-refractivity contribution is 14.0. The lowest BCUT2D eigenvalue weighted by atomic mass is 10.2. The van der Waals surface area contributed by atoms with Crippen LogP contribution in [-0.2, 0) is 11.3 Å². The molecular formula is C18H31IN4O. The number of hydrogen-bond acceptors (Lipinski definition) is 3. The number of nitrogens with zero attached hydrogens (tertiary/aromatic N) is 2. The fraction of sp³-hybridized carbons (Fsp3) is 0.611. The molecule has 1 aromatic rings. The summed E-state index contributed by atoms with van der Waals surface area (Å²) in [6, 6.07) is 11.3. The molecular weight excluding hydrogens is 415 g/mol. The number of nitrogens with one attached hydrogen (secondary N) is 2. The first-order valence-corrected chi connectivity index (χ1v) is 8.55. The Balaban J connectivity index is 0.00000288. The van der Waals surface area contributed by atoms with Crippen LogP contribution in [0.4, 0.5) is 0 Å². The lowest BCUT2D eigenvalue weighted by Crippen LogP contribution is -2.45. The third-order valence-corrected chi connectivity index (χ3v) is 4.27. The number of guanidine groups is 1. The molecule has 0 aliphatic carbocycles. The van der Waals surface area contributed by atoms with Gasteiger partial charge < -0.3 is 15.4 Å². The third kappa shape index (κ3) is 7.36. The fourth-order valence-corrected chi connectivity index (χ4v) is 3.01. The number of benzene rings is 1. The second-order valence-electron chi connectivity index (χ2n) is 5.98. The summed E-state index contributed by atoms with van der Waals surface area (Å²) >= 11 is 0. The largest absolute Gasteiger partial charge is 0.385 e. The van der Waals surface area contributed by atoms with Crippen LogP contribution in [0.3, 0.4) is 0 Å². The van der Waals surface area contributed by atoms with Gasteiger partial charge in [-0.05, 0) is 31.4 Å². The summed E-state index contributed by atoms with van der Waals surface area (Å²) < 4.78 is 5.06. The van der Waals surface area contributed by atoms with Gasteiger partial charge in [-0.1, -0.05) is 30.3 Å². The van der Waals surface area contributed by atoms with Gasteiger partial charge >= 0.3 is 0 Å². The molecule has 0 aromatic heterocycles. The van der Waals surface area contributed by atoms with Crippen molar-refractivity contribution in [2.75, 3.05) is 40.4 Å². The van der Waals surface area contributed by atoms with Crippen molar-refractivity contribution in [1.29, 1.82) is 0 Å². The van der Waals surface area contributed by atoms with Crippen LogP contribution in [0.1, 0.15) is 24.8 Å². The van der Waals surface area contributed by atoms with E-state index in [0.717, 1.165) is 38.6 Å². The van der Waals surface area contributed by atoms with Gasteiger partial charge in [-0.3, -0.25) is 9.89 Å². The summed E-state index contributed by atoms with van der Waals surface area (Å²) in [5.41, 5.74) is 1.39. The first-order valence-electron chi connectivity index (χ1n) is 8.55. The van der Waals surface area contributed by atoms with Gasteiger partial charge in [0.1, 0.15) is 0 Å². The van der Waals surface area contributed by atoms with Crippen molar-refractivity contribution in [1.82, 2.24) is 15.5 Å². The van der Waals surface area contributed by atoms with Crippen molar-refractivity contribution < 1.29 is 4.74 Å². The average molecular weight is 446 g/mol. The van der Waals surface area contributed by atoms with Gasteiger partial charge in [-0.25, -0.2) is 0 Å². The summed E-state index contributed by atoms with van der Waals surface area (Å²) in [5.74, 6) is 0.882. The quantitative estimate of drug-likeness (QED) is 0.279. The minimum absolute atomic E-state index is 0. The molecule has 1 aliphatic rings. The first-order chi connectivity index (χ1) is 11.3. The molecule has 24 heavy (non-hydrogen) atoms. The highest BCUT2D eigenvalue weighted by atomic mass is 127. The second-order valence-corrected chi connectivity index (χ2v) is 5.98. The van der Waals surface area contributed by atoms with Crippen LogP contribution in [0.5, 0.6) is 0 Å². The van der Waals surface area contributed by atoms with Crippen LogP contribution in [0.15, 0.2) is 35.3 Å². The van der Waals surface area contributed by atoms with E-state index < -0.39 is 0 Å². The number of rotatable bonds is 8. The molecule has 0 bridgehead atoms. The van der Waals surface area contributed by atoms with Gasteiger partial charge in [0, 0.05) is 46.4 Å². The molecule has 136 valence electrons. The molecule has 1 unspecified atom stereocenters. The van der Waals surface area contributed by atoms with E-state index in [-0.39, 0.29) is 24.0 Å². The Morgan fingerprint density at radius 1 is 1.29 bits per heavy atom. The Bertz CT molecular complexity index is 469. The molecule has 1 atom stereocenters. The molecule has 0 spiro atoms. The maximum Gasteiger partial charge on any atom is 0.191 e. The number of halogens is 1. The molecule has 1 aromatic carbocycles. The lowest BCUT2D eigenvalue weighted by molar-refractivity contribution is 0.195. The minimum Gasteiger partial charge on any atom is -0.385 e. The summed E-state index contributed by atoms with van der Waals surface area (Å²) in [6.45, 7) is 4.81. The Morgan fingerprint density at radius 3 is 2.79 bits per heavy atom. The standard InChI is InChI=1S/C18H30N4O.HI/c1-19-18(20-11-7-13-23-2)21-14-17-10-6-12-22(17)15-16-8-4-3-5-9-16;/h3-5,8-9,17H,6-7,10-15H2,1-2H3,(H2,19,20,21);1H. The van der Waals surface area contributed by atoms with Crippen molar-refractivity contribution in [3.8, 4) is 0 Å². The van der Waals surface area contributed by atoms with Crippen LogP contribution in [0, 0.1) is 0 Å². The van der Waals surface area contributed by atoms with Gasteiger partial charge in [-0.2, -0.15) is 0 Å². The number of methoxy groups -OCH3 is 1. The highest BCUT2D eigenvalue weighted by Gasteiger charge is 2.24. The van der Waals surface area contributed by atoms with Gasteiger partial charge in [0.05, 0.1) is 0 Å². The molecule has 0 radical (unpaired) electrons. The molecule has 5 nitrogen and oxygen atoms in total. The predicted molar refractivity (Wildman–Crippen MR) is 111 cm³/mol. The zero-order valence-corrected chi connectivity index (χ0v) is 17.2. The molecule has 1 aliphatic heterocycles. The van der Waals surface area contributed by atoms with Crippen molar-refractivity contribution in [2.24, 2.45) is 4.99 Å². The molecule has 0 saturated carbocycles. The van der Waals surface area contributed by atoms with E-state index in [1.54, 1.807) is 7.11 Å². The molecule has 1 fully saturated rings. The molecule has 1 saturated heterocycles.